The monoisotopic (exact) mass is 470 g/mol. The van der Waals surface area contributed by atoms with Gasteiger partial charge in [0, 0.05) is 36.5 Å². The van der Waals surface area contributed by atoms with Gasteiger partial charge in [0.25, 0.3) is 5.91 Å². The van der Waals surface area contributed by atoms with Gasteiger partial charge in [-0.1, -0.05) is 35.4 Å². The number of amides is 1. The lowest BCUT2D eigenvalue weighted by atomic mass is 9.82. The molecule has 2 aromatic heterocycles. The summed E-state index contributed by atoms with van der Waals surface area (Å²) in [7, 11) is 0. The number of rotatable bonds is 4. The number of carbonyl (C=O) groups excluding carboxylic acids is 1. The fourth-order valence-electron chi connectivity index (χ4n) is 5.04. The zero-order valence-electron chi connectivity index (χ0n) is 19.3. The highest BCUT2D eigenvalue weighted by molar-refractivity contribution is 7.14. The van der Waals surface area contributed by atoms with Gasteiger partial charge in [0.2, 0.25) is 0 Å². The molecule has 2 saturated heterocycles. The first kappa shape index (κ1) is 21.0. The van der Waals surface area contributed by atoms with Crippen molar-refractivity contribution in [3.8, 4) is 16.9 Å². The minimum absolute atomic E-state index is 0.0425. The van der Waals surface area contributed by atoms with Gasteiger partial charge in [-0.2, -0.15) is 15.0 Å². The van der Waals surface area contributed by atoms with Gasteiger partial charge in [0.05, 0.1) is 35.4 Å². The van der Waals surface area contributed by atoms with Crippen molar-refractivity contribution >= 4 is 22.4 Å². The van der Waals surface area contributed by atoms with Crippen molar-refractivity contribution in [3.05, 3.63) is 76.9 Å². The molecule has 0 radical (unpaired) electrons. The summed E-state index contributed by atoms with van der Waals surface area (Å²) in [6, 6.07) is 14.6. The molecule has 7 nitrogen and oxygen atoms in total. The van der Waals surface area contributed by atoms with E-state index in [4.69, 9.17) is 4.98 Å². The molecule has 8 heteroatoms. The zero-order chi connectivity index (χ0) is 23.2. The van der Waals surface area contributed by atoms with Crippen molar-refractivity contribution in [2.45, 2.75) is 26.3 Å². The van der Waals surface area contributed by atoms with Crippen LogP contribution < -0.4 is 4.90 Å². The third kappa shape index (κ3) is 3.68. The SMILES string of the molecule is Cc1cccc(-c2csc(N3C[C@@H]4CCN(C(=O)c5cc(C)ccc5-n5nccn5)C[C@@H]43)n2)c1. The van der Waals surface area contributed by atoms with Crippen LogP contribution in [0.2, 0.25) is 0 Å². The van der Waals surface area contributed by atoms with Gasteiger partial charge in [-0.15, -0.1) is 11.3 Å². The van der Waals surface area contributed by atoms with Crippen molar-refractivity contribution in [1.29, 1.82) is 0 Å². The van der Waals surface area contributed by atoms with Crippen LogP contribution in [0.3, 0.4) is 0 Å². The average Bonchev–Trinajstić information content (AvgIpc) is 3.52. The Morgan fingerprint density at radius 1 is 1.03 bits per heavy atom. The Balaban J connectivity index is 1.22. The molecule has 1 amide bonds. The van der Waals surface area contributed by atoms with Crippen LogP contribution in [0.5, 0.6) is 0 Å². The van der Waals surface area contributed by atoms with E-state index in [-0.39, 0.29) is 5.91 Å². The highest BCUT2D eigenvalue weighted by atomic mass is 32.1. The number of likely N-dealkylation sites (tertiary alicyclic amines) is 1. The molecule has 0 unspecified atom stereocenters. The fourth-order valence-corrected chi connectivity index (χ4v) is 5.94. The zero-order valence-corrected chi connectivity index (χ0v) is 20.1. The third-order valence-electron chi connectivity index (χ3n) is 6.91. The van der Waals surface area contributed by atoms with Crippen LogP contribution in [-0.2, 0) is 0 Å². The third-order valence-corrected chi connectivity index (χ3v) is 7.79. The smallest absolute Gasteiger partial charge is 0.256 e. The lowest BCUT2D eigenvalue weighted by molar-refractivity contribution is 0.0592. The summed E-state index contributed by atoms with van der Waals surface area (Å²) >= 11 is 1.69. The standard InChI is InChI=1S/C26H26N6OS/c1-17-4-3-5-19(12-17)22-16-34-26(29-22)31-14-20-8-11-30(15-24(20)31)25(33)21-13-18(2)6-7-23(21)32-27-9-10-28-32/h3-7,9-10,12-13,16,20,24H,8,11,14-15H2,1-2H3/t20-,24-/m0/s1. The molecule has 0 bridgehead atoms. The number of anilines is 1. The largest absolute Gasteiger partial charge is 0.343 e. The quantitative estimate of drug-likeness (QED) is 0.443. The molecular weight excluding hydrogens is 444 g/mol. The van der Waals surface area contributed by atoms with E-state index in [1.807, 2.05) is 30.0 Å². The number of fused-ring (bicyclic) bond motifs is 1. The van der Waals surface area contributed by atoms with Crippen molar-refractivity contribution in [2.24, 2.45) is 5.92 Å². The number of thiazole rings is 1. The van der Waals surface area contributed by atoms with Gasteiger partial charge in [0.1, 0.15) is 0 Å². The van der Waals surface area contributed by atoms with Crippen molar-refractivity contribution < 1.29 is 4.79 Å². The van der Waals surface area contributed by atoms with E-state index < -0.39 is 0 Å². The molecule has 0 N–H and O–H groups in total. The van der Waals surface area contributed by atoms with Gasteiger partial charge in [-0.25, -0.2) is 4.98 Å². The number of benzene rings is 2. The Kier molecular flexibility index (Phi) is 5.17. The van der Waals surface area contributed by atoms with E-state index >= 15 is 0 Å². The number of piperidine rings is 1. The van der Waals surface area contributed by atoms with Gasteiger partial charge >= 0.3 is 0 Å². The van der Waals surface area contributed by atoms with Crippen LogP contribution in [0.4, 0.5) is 5.13 Å². The second-order valence-electron chi connectivity index (χ2n) is 9.24. The summed E-state index contributed by atoms with van der Waals surface area (Å²) in [5, 5.41) is 11.7. The maximum Gasteiger partial charge on any atom is 0.256 e. The van der Waals surface area contributed by atoms with Crippen molar-refractivity contribution in [3.63, 3.8) is 0 Å². The lowest BCUT2D eigenvalue weighted by Crippen LogP contribution is -2.65. The van der Waals surface area contributed by atoms with Gasteiger partial charge in [-0.05, 0) is 38.5 Å². The number of aryl methyl sites for hydroxylation is 2. The molecule has 172 valence electrons. The number of aromatic nitrogens is 4. The molecule has 2 fully saturated rings. The number of hydrogen-bond acceptors (Lipinski definition) is 6. The van der Waals surface area contributed by atoms with E-state index in [0.29, 0.717) is 24.1 Å². The molecule has 0 aliphatic carbocycles. The molecule has 4 heterocycles. The molecule has 6 rings (SSSR count). The average molecular weight is 471 g/mol. The molecule has 2 aliphatic rings. The summed E-state index contributed by atoms with van der Waals surface area (Å²) in [5.74, 6) is 0.654. The van der Waals surface area contributed by atoms with E-state index in [2.05, 4.69) is 51.7 Å². The second kappa shape index (κ2) is 8.36. The highest BCUT2D eigenvalue weighted by Crippen LogP contribution is 2.39. The Bertz CT molecular complexity index is 1350. The van der Waals surface area contributed by atoms with Crippen LogP contribution in [0.25, 0.3) is 16.9 Å². The molecular formula is C26H26N6OS. The summed E-state index contributed by atoms with van der Waals surface area (Å²) < 4.78 is 0. The minimum Gasteiger partial charge on any atom is -0.343 e. The van der Waals surface area contributed by atoms with Crippen LogP contribution in [0, 0.1) is 19.8 Å². The Morgan fingerprint density at radius 2 is 1.85 bits per heavy atom. The second-order valence-corrected chi connectivity index (χ2v) is 10.1. The topological polar surface area (TPSA) is 67.2 Å². The van der Waals surface area contributed by atoms with Gasteiger partial charge in [-0.3, -0.25) is 4.79 Å². The van der Waals surface area contributed by atoms with Crippen molar-refractivity contribution in [2.75, 3.05) is 24.5 Å². The molecule has 2 aromatic carbocycles. The molecule has 34 heavy (non-hydrogen) atoms. The predicted octanol–water partition coefficient (Wildman–Crippen LogP) is 4.36. The van der Waals surface area contributed by atoms with Gasteiger partial charge in [0.15, 0.2) is 5.13 Å². The maximum atomic E-state index is 13.6. The number of hydrogen-bond donors (Lipinski definition) is 0. The van der Waals surface area contributed by atoms with E-state index in [0.717, 1.165) is 47.2 Å². The first-order chi connectivity index (χ1) is 16.6. The molecule has 2 aliphatic heterocycles. The van der Waals surface area contributed by atoms with Gasteiger partial charge < -0.3 is 9.80 Å². The Hall–Kier alpha value is -3.52. The first-order valence-corrected chi connectivity index (χ1v) is 12.5. The fraction of sp³-hybridized carbons (Fsp3) is 0.308. The minimum atomic E-state index is 0.0425. The van der Waals surface area contributed by atoms with Crippen LogP contribution >= 0.6 is 11.3 Å². The lowest BCUT2D eigenvalue weighted by Gasteiger charge is -2.53. The molecule has 2 atom stereocenters. The van der Waals surface area contributed by atoms with E-state index in [1.54, 1.807) is 23.7 Å². The number of carbonyl (C=O) groups is 1. The summed E-state index contributed by atoms with van der Waals surface area (Å²) in [4.78, 5) is 24.5. The molecule has 0 spiro atoms. The Labute approximate surface area is 202 Å². The highest BCUT2D eigenvalue weighted by Gasteiger charge is 2.45. The predicted molar refractivity (Wildman–Crippen MR) is 134 cm³/mol. The summed E-state index contributed by atoms with van der Waals surface area (Å²) in [6.07, 6.45) is 4.28. The first-order valence-electron chi connectivity index (χ1n) is 11.6. The van der Waals surface area contributed by atoms with E-state index in [9.17, 15) is 4.79 Å². The summed E-state index contributed by atoms with van der Waals surface area (Å²) in [6.45, 7) is 6.61. The van der Waals surface area contributed by atoms with Crippen LogP contribution in [0.15, 0.2) is 60.2 Å². The Morgan fingerprint density at radius 3 is 2.68 bits per heavy atom. The molecule has 4 aromatic rings. The molecule has 0 saturated carbocycles. The van der Waals surface area contributed by atoms with Crippen molar-refractivity contribution in [1.82, 2.24) is 24.9 Å². The van der Waals surface area contributed by atoms with Crippen LogP contribution in [-0.4, -0.2) is 56.5 Å². The maximum absolute atomic E-state index is 13.6. The van der Waals surface area contributed by atoms with E-state index in [1.165, 1.54) is 10.4 Å². The normalized spacial score (nSPS) is 19.6. The number of nitrogens with zero attached hydrogens (tertiary/aromatic N) is 6. The van der Waals surface area contributed by atoms with Crippen LogP contribution in [0.1, 0.15) is 27.9 Å². The summed E-state index contributed by atoms with van der Waals surface area (Å²) in [5.41, 5.74) is 5.82.